The number of halogens is 3. The van der Waals surface area contributed by atoms with Gasteiger partial charge in [-0.3, -0.25) is 0 Å². The van der Waals surface area contributed by atoms with Crippen LogP contribution in [0.4, 0.5) is 4.39 Å². The second-order valence-corrected chi connectivity index (χ2v) is 5.15. The van der Waals surface area contributed by atoms with E-state index in [1.807, 2.05) is 18.2 Å². The van der Waals surface area contributed by atoms with Crippen molar-refractivity contribution in [1.82, 2.24) is 0 Å². The number of aliphatic hydroxyl groups excluding tert-OH is 1. The van der Waals surface area contributed by atoms with Crippen LogP contribution in [0, 0.1) is 5.82 Å². The molecule has 2 aromatic carbocycles. The summed E-state index contributed by atoms with van der Waals surface area (Å²) in [5.74, 6) is -0.468. The van der Waals surface area contributed by atoms with Gasteiger partial charge in [0.05, 0.1) is 11.1 Å². The first-order chi connectivity index (χ1) is 9.08. The fraction of sp³-hybridized carbons (Fsp3) is 0.200. The first kappa shape index (κ1) is 14.3. The van der Waals surface area contributed by atoms with Crippen LogP contribution in [0.25, 0.3) is 0 Å². The SMILES string of the molecule is OC(Cc1ccccc1Cl)Cc1cccc(F)c1Cl. The van der Waals surface area contributed by atoms with Gasteiger partial charge in [-0.2, -0.15) is 0 Å². The molecule has 19 heavy (non-hydrogen) atoms. The van der Waals surface area contributed by atoms with Crippen LogP contribution in [-0.4, -0.2) is 11.2 Å². The summed E-state index contributed by atoms with van der Waals surface area (Å²) in [5.41, 5.74) is 1.46. The summed E-state index contributed by atoms with van der Waals surface area (Å²) in [7, 11) is 0. The molecule has 2 aromatic rings. The Bertz CT molecular complexity index is 572. The lowest BCUT2D eigenvalue weighted by Gasteiger charge is -2.13. The van der Waals surface area contributed by atoms with Crippen LogP contribution in [0.2, 0.25) is 10.0 Å². The van der Waals surface area contributed by atoms with Gasteiger partial charge < -0.3 is 5.11 Å². The van der Waals surface area contributed by atoms with Gasteiger partial charge in [-0.25, -0.2) is 4.39 Å². The summed E-state index contributed by atoms with van der Waals surface area (Å²) in [4.78, 5) is 0. The fourth-order valence-electron chi connectivity index (χ4n) is 1.95. The van der Waals surface area contributed by atoms with Gasteiger partial charge in [0.15, 0.2) is 0 Å². The zero-order chi connectivity index (χ0) is 13.8. The smallest absolute Gasteiger partial charge is 0.142 e. The Hall–Kier alpha value is -1.09. The van der Waals surface area contributed by atoms with E-state index in [4.69, 9.17) is 23.2 Å². The molecule has 0 bridgehead atoms. The highest BCUT2D eigenvalue weighted by Gasteiger charge is 2.13. The minimum Gasteiger partial charge on any atom is -0.392 e. The second kappa shape index (κ2) is 6.38. The van der Waals surface area contributed by atoms with Crippen LogP contribution in [0.3, 0.4) is 0 Å². The molecule has 0 saturated carbocycles. The van der Waals surface area contributed by atoms with E-state index in [1.165, 1.54) is 6.07 Å². The van der Waals surface area contributed by atoms with Crippen molar-refractivity contribution in [3.05, 3.63) is 69.5 Å². The number of hydrogen-bond donors (Lipinski definition) is 1. The van der Waals surface area contributed by atoms with Gasteiger partial charge in [0.2, 0.25) is 0 Å². The minimum absolute atomic E-state index is 0.0701. The molecule has 0 aromatic heterocycles. The second-order valence-electron chi connectivity index (χ2n) is 4.37. The highest BCUT2D eigenvalue weighted by molar-refractivity contribution is 6.31. The van der Waals surface area contributed by atoms with Crippen LogP contribution in [-0.2, 0) is 12.8 Å². The third kappa shape index (κ3) is 3.69. The fourth-order valence-corrected chi connectivity index (χ4v) is 2.37. The molecule has 1 atom stereocenters. The van der Waals surface area contributed by atoms with Crippen molar-refractivity contribution >= 4 is 23.2 Å². The first-order valence-corrected chi connectivity index (χ1v) is 6.68. The van der Waals surface area contributed by atoms with E-state index in [0.717, 1.165) is 5.56 Å². The highest BCUT2D eigenvalue weighted by atomic mass is 35.5. The van der Waals surface area contributed by atoms with E-state index in [2.05, 4.69) is 0 Å². The summed E-state index contributed by atoms with van der Waals surface area (Å²) in [6.07, 6.45) is 0.0492. The monoisotopic (exact) mass is 298 g/mol. The van der Waals surface area contributed by atoms with Crippen LogP contribution in [0.1, 0.15) is 11.1 Å². The summed E-state index contributed by atoms with van der Waals surface area (Å²) < 4.78 is 13.3. The summed E-state index contributed by atoms with van der Waals surface area (Å²) >= 11 is 11.9. The summed E-state index contributed by atoms with van der Waals surface area (Å²) in [6, 6.07) is 11.9. The van der Waals surface area contributed by atoms with Crippen molar-refractivity contribution in [2.24, 2.45) is 0 Å². The molecule has 0 aliphatic heterocycles. The average molecular weight is 299 g/mol. The van der Waals surface area contributed by atoms with Crippen molar-refractivity contribution in [2.45, 2.75) is 18.9 Å². The van der Waals surface area contributed by atoms with Crippen molar-refractivity contribution < 1.29 is 9.50 Å². The average Bonchev–Trinajstić information content (AvgIpc) is 2.38. The molecule has 0 spiro atoms. The zero-order valence-corrected chi connectivity index (χ0v) is 11.6. The predicted molar refractivity (Wildman–Crippen MR) is 76.3 cm³/mol. The molecule has 1 N–H and O–H groups in total. The van der Waals surface area contributed by atoms with E-state index in [9.17, 15) is 9.50 Å². The van der Waals surface area contributed by atoms with E-state index < -0.39 is 11.9 Å². The minimum atomic E-state index is -0.654. The Morgan fingerprint density at radius 2 is 1.58 bits per heavy atom. The number of hydrogen-bond acceptors (Lipinski definition) is 1. The molecular formula is C15H13Cl2FO. The van der Waals surface area contributed by atoms with Crippen molar-refractivity contribution in [1.29, 1.82) is 0 Å². The third-order valence-corrected chi connectivity index (χ3v) is 3.69. The lowest BCUT2D eigenvalue weighted by atomic mass is 10.0. The van der Waals surface area contributed by atoms with Crippen LogP contribution >= 0.6 is 23.2 Å². The molecule has 0 heterocycles. The molecule has 0 aliphatic rings. The Balaban J connectivity index is 2.08. The van der Waals surface area contributed by atoms with Crippen LogP contribution < -0.4 is 0 Å². The van der Waals surface area contributed by atoms with E-state index in [0.29, 0.717) is 23.4 Å². The van der Waals surface area contributed by atoms with E-state index >= 15 is 0 Å². The van der Waals surface area contributed by atoms with Gasteiger partial charge in [0.1, 0.15) is 5.82 Å². The molecule has 0 radical (unpaired) electrons. The Labute approximate surface area is 121 Å². The standard InChI is InChI=1S/C15H13Cl2FO/c16-13-6-2-1-4-10(13)8-12(19)9-11-5-3-7-14(18)15(11)17/h1-7,12,19H,8-9H2. The molecule has 0 amide bonds. The zero-order valence-electron chi connectivity index (χ0n) is 10.1. The quantitative estimate of drug-likeness (QED) is 0.893. The Morgan fingerprint density at radius 1 is 0.947 bits per heavy atom. The highest BCUT2D eigenvalue weighted by Crippen LogP contribution is 2.23. The first-order valence-electron chi connectivity index (χ1n) is 5.92. The lowest BCUT2D eigenvalue weighted by Crippen LogP contribution is -2.14. The molecule has 4 heteroatoms. The maximum atomic E-state index is 13.3. The van der Waals surface area contributed by atoms with Crippen molar-refractivity contribution in [3.63, 3.8) is 0 Å². The van der Waals surface area contributed by atoms with E-state index in [1.54, 1.807) is 18.2 Å². The molecule has 0 aliphatic carbocycles. The normalized spacial score (nSPS) is 12.4. The Morgan fingerprint density at radius 3 is 2.32 bits per heavy atom. The van der Waals surface area contributed by atoms with Crippen molar-refractivity contribution in [2.75, 3.05) is 0 Å². The molecular weight excluding hydrogens is 286 g/mol. The van der Waals surface area contributed by atoms with Gasteiger partial charge in [-0.1, -0.05) is 53.5 Å². The molecule has 100 valence electrons. The van der Waals surface area contributed by atoms with Crippen LogP contribution in [0.5, 0.6) is 0 Å². The van der Waals surface area contributed by atoms with E-state index in [-0.39, 0.29) is 5.02 Å². The largest absolute Gasteiger partial charge is 0.392 e. The van der Waals surface area contributed by atoms with Crippen molar-refractivity contribution in [3.8, 4) is 0 Å². The number of aliphatic hydroxyl groups is 1. The van der Waals surface area contributed by atoms with Crippen LogP contribution in [0.15, 0.2) is 42.5 Å². The topological polar surface area (TPSA) is 20.2 Å². The maximum absolute atomic E-state index is 13.3. The molecule has 2 rings (SSSR count). The Kier molecular flexibility index (Phi) is 4.81. The summed E-state index contributed by atoms with van der Waals surface area (Å²) in [5, 5.41) is 10.7. The molecule has 0 saturated heterocycles. The molecule has 1 unspecified atom stereocenters. The summed E-state index contributed by atoms with van der Waals surface area (Å²) in [6.45, 7) is 0. The third-order valence-electron chi connectivity index (χ3n) is 2.90. The van der Waals surface area contributed by atoms with Gasteiger partial charge in [0.25, 0.3) is 0 Å². The molecule has 1 nitrogen and oxygen atoms in total. The number of benzene rings is 2. The van der Waals surface area contributed by atoms with Gasteiger partial charge >= 0.3 is 0 Å². The number of rotatable bonds is 4. The maximum Gasteiger partial charge on any atom is 0.142 e. The predicted octanol–water partition coefficient (Wildman–Crippen LogP) is 4.28. The van der Waals surface area contributed by atoms with Gasteiger partial charge in [-0.05, 0) is 23.3 Å². The lowest BCUT2D eigenvalue weighted by molar-refractivity contribution is 0.175. The van der Waals surface area contributed by atoms with Gasteiger partial charge in [0, 0.05) is 17.9 Å². The molecule has 0 fully saturated rings. The van der Waals surface area contributed by atoms with Gasteiger partial charge in [-0.15, -0.1) is 0 Å².